The summed E-state index contributed by atoms with van der Waals surface area (Å²) in [6.45, 7) is 0. The summed E-state index contributed by atoms with van der Waals surface area (Å²) in [7, 11) is 1.23. The number of hydrogen-bond acceptors (Lipinski definition) is 3. The Morgan fingerprint density at radius 1 is 1.67 bits per heavy atom. The second-order valence-corrected chi connectivity index (χ2v) is 3.60. The van der Waals surface area contributed by atoms with Gasteiger partial charge in [0.15, 0.2) is 5.75 Å². The van der Waals surface area contributed by atoms with Crippen LogP contribution in [-0.4, -0.2) is 18.0 Å². The number of ether oxygens (including phenoxy) is 1. The first kappa shape index (κ1) is 12.1. The van der Waals surface area contributed by atoms with E-state index in [1.54, 1.807) is 22.6 Å². The molecule has 0 spiro atoms. The first-order chi connectivity index (χ1) is 6.99. The van der Waals surface area contributed by atoms with Crippen molar-refractivity contribution >= 4 is 28.5 Å². The van der Waals surface area contributed by atoms with E-state index in [4.69, 9.17) is 10.5 Å². The van der Waals surface area contributed by atoms with Crippen LogP contribution in [-0.2, 0) is 0 Å². The number of carbonyl (C=O) groups excluding carboxylic acids is 1. The number of pyridine rings is 1. The largest absolute Gasteiger partial charge is 0.493 e. The molecule has 0 aliphatic heterocycles. The van der Waals surface area contributed by atoms with Crippen LogP contribution in [0.4, 0.5) is 8.78 Å². The summed E-state index contributed by atoms with van der Waals surface area (Å²) < 4.78 is 30.4. The maximum absolute atomic E-state index is 12.7. The molecule has 1 aromatic rings. The van der Waals surface area contributed by atoms with Gasteiger partial charge in [-0.05, 0) is 22.6 Å². The molecule has 0 aromatic carbocycles. The minimum absolute atomic E-state index is 0.109. The normalized spacial score (nSPS) is 10.5. The van der Waals surface area contributed by atoms with E-state index in [1.165, 1.54) is 7.11 Å². The lowest BCUT2D eigenvalue weighted by atomic mass is 10.1. The van der Waals surface area contributed by atoms with E-state index < -0.39 is 17.9 Å². The topological polar surface area (TPSA) is 65.2 Å². The van der Waals surface area contributed by atoms with Gasteiger partial charge in [-0.25, -0.2) is 13.8 Å². The predicted octanol–water partition coefficient (Wildman–Crippen LogP) is 1.73. The van der Waals surface area contributed by atoms with Gasteiger partial charge in [0.1, 0.15) is 3.70 Å². The zero-order valence-corrected chi connectivity index (χ0v) is 9.79. The van der Waals surface area contributed by atoms with Crippen molar-refractivity contribution in [2.75, 3.05) is 7.11 Å². The van der Waals surface area contributed by atoms with Crippen LogP contribution >= 0.6 is 22.6 Å². The molecule has 4 nitrogen and oxygen atoms in total. The predicted molar refractivity (Wildman–Crippen MR) is 57.0 cm³/mol. The number of aromatic nitrogens is 1. The number of methoxy groups -OCH3 is 1. The van der Waals surface area contributed by atoms with Gasteiger partial charge in [-0.2, -0.15) is 0 Å². The van der Waals surface area contributed by atoms with E-state index in [1.807, 2.05) is 0 Å². The monoisotopic (exact) mass is 328 g/mol. The summed E-state index contributed by atoms with van der Waals surface area (Å²) in [6, 6.07) is 0. The highest BCUT2D eigenvalue weighted by molar-refractivity contribution is 14.1. The smallest absolute Gasteiger partial charge is 0.268 e. The number of primary amides is 1. The molecule has 0 saturated heterocycles. The van der Waals surface area contributed by atoms with Gasteiger partial charge in [0.2, 0.25) is 0 Å². The molecule has 0 aliphatic rings. The summed E-state index contributed by atoms with van der Waals surface area (Å²) in [4.78, 5) is 14.6. The first-order valence-corrected chi connectivity index (χ1v) is 4.87. The zero-order chi connectivity index (χ0) is 11.6. The van der Waals surface area contributed by atoms with E-state index in [0.29, 0.717) is 0 Å². The summed E-state index contributed by atoms with van der Waals surface area (Å²) >= 11 is 1.74. The second kappa shape index (κ2) is 4.69. The zero-order valence-electron chi connectivity index (χ0n) is 7.63. The Bertz CT molecular complexity index is 398. The highest BCUT2D eigenvalue weighted by Crippen LogP contribution is 2.34. The second-order valence-electron chi connectivity index (χ2n) is 2.57. The van der Waals surface area contributed by atoms with Gasteiger partial charge in [-0.3, -0.25) is 4.79 Å². The van der Waals surface area contributed by atoms with E-state index in [0.717, 1.165) is 6.20 Å². The Labute approximate surface area is 98.0 Å². The molecule has 0 aliphatic carbocycles. The Morgan fingerprint density at radius 2 is 2.27 bits per heavy atom. The third-order valence-electron chi connectivity index (χ3n) is 1.72. The molecule has 1 rings (SSSR count). The maximum Gasteiger partial charge on any atom is 0.268 e. The van der Waals surface area contributed by atoms with Crippen molar-refractivity contribution in [2.45, 2.75) is 6.43 Å². The van der Waals surface area contributed by atoms with Gasteiger partial charge < -0.3 is 10.5 Å². The van der Waals surface area contributed by atoms with Crippen LogP contribution < -0.4 is 10.5 Å². The summed E-state index contributed by atoms with van der Waals surface area (Å²) in [5, 5.41) is 0. The van der Waals surface area contributed by atoms with Crippen LogP contribution in [0.2, 0.25) is 0 Å². The van der Waals surface area contributed by atoms with Crippen molar-refractivity contribution in [1.82, 2.24) is 4.98 Å². The van der Waals surface area contributed by atoms with Crippen LogP contribution in [0, 0.1) is 3.70 Å². The van der Waals surface area contributed by atoms with Crippen molar-refractivity contribution in [3.8, 4) is 5.75 Å². The van der Waals surface area contributed by atoms with Crippen LogP contribution in [0.25, 0.3) is 0 Å². The summed E-state index contributed by atoms with van der Waals surface area (Å²) in [5.74, 6) is -1.06. The fourth-order valence-corrected chi connectivity index (χ4v) is 1.74. The lowest BCUT2D eigenvalue weighted by Gasteiger charge is -2.11. The van der Waals surface area contributed by atoms with E-state index >= 15 is 0 Å². The molecule has 0 saturated carbocycles. The number of carbonyl (C=O) groups is 1. The number of nitrogens with zero attached hydrogens (tertiary/aromatic N) is 1. The van der Waals surface area contributed by atoms with Crippen LogP contribution in [0.15, 0.2) is 6.20 Å². The van der Waals surface area contributed by atoms with Crippen LogP contribution in [0.5, 0.6) is 5.75 Å². The van der Waals surface area contributed by atoms with Gasteiger partial charge in [-0.1, -0.05) is 0 Å². The number of alkyl halides is 2. The number of rotatable bonds is 3. The SMILES string of the molecule is COc1c(I)ncc(C(N)=O)c1C(F)F. The van der Waals surface area contributed by atoms with Crippen LogP contribution in [0.3, 0.4) is 0 Å². The van der Waals surface area contributed by atoms with Crippen molar-refractivity contribution < 1.29 is 18.3 Å². The maximum atomic E-state index is 12.7. The fraction of sp³-hybridized carbons (Fsp3) is 0.250. The Balaban J connectivity index is 3.49. The number of hydrogen-bond donors (Lipinski definition) is 1. The first-order valence-electron chi connectivity index (χ1n) is 3.79. The number of nitrogens with two attached hydrogens (primary N) is 1. The van der Waals surface area contributed by atoms with Crippen molar-refractivity contribution in [2.24, 2.45) is 5.73 Å². The average molecular weight is 328 g/mol. The van der Waals surface area contributed by atoms with Gasteiger partial charge >= 0.3 is 0 Å². The highest BCUT2D eigenvalue weighted by Gasteiger charge is 2.24. The molecule has 1 heterocycles. The minimum Gasteiger partial charge on any atom is -0.493 e. The van der Waals surface area contributed by atoms with Crippen molar-refractivity contribution in [1.29, 1.82) is 0 Å². The molecule has 82 valence electrons. The van der Waals surface area contributed by atoms with Crippen LogP contribution in [0.1, 0.15) is 22.3 Å². The van der Waals surface area contributed by atoms with Gasteiger partial charge in [0.25, 0.3) is 12.3 Å². The quantitative estimate of drug-likeness (QED) is 0.679. The summed E-state index contributed by atoms with van der Waals surface area (Å²) in [6.07, 6.45) is -1.81. The third-order valence-corrected chi connectivity index (χ3v) is 2.49. The van der Waals surface area contributed by atoms with E-state index in [2.05, 4.69) is 4.98 Å². The molecular formula is C8H7F2IN2O2. The molecule has 0 unspecified atom stereocenters. The molecule has 0 bridgehead atoms. The van der Waals surface area contributed by atoms with Gasteiger partial charge in [0, 0.05) is 6.20 Å². The molecule has 2 N–H and O–H groups in total. The number of halogens is 3. The van der Waals surface area contributed by atoms with Gasteiger partial charge in [-0.15, -0.1) is 0 Å². The Morgan fingerprint density at radius 3 is 2.67 bits per heavy atom. The standard InChI is InChI=1S/C8H7F2IN2O2/c1-15-5-4(6(9)10)3(8(12)14)2-13-7(5)11/h2,6H,1H3,(H2,12,14). The van der Waals surface area contributed by atoms with Crippen molar-refractivity contribution in [3.05, 3.63) is 21.0 Å². The fourth-order valence-electron chi connectivity index (χ4n) is 1.09. The molecule has 1 amide bonds. The molecule has 0 radical (unpaired) electrons. The van der Waals surface area contributed by atoms with E-state index in [9.17, 15) is 13.6 Å². The van der Waals surface area contributed by atoms with Gasteiger partial charge in [0.05, 0.1) is 18.2 Å². The molecule has 15 heavy (non-hydrogen) atoms. The lowest BCUT2D eigenvalue weighted by molar-refractivity contribution is 0.0983. The molecule has 0 atom stereocenters. The Kier molecular flexibility index (Phi) is 3.77. The Hall–Kier alpha value is -0.990. The number of amides is 1. The molecule has 7 heteroatoms. The van der Waals surface area contributed by atoms with E-state index in [-0.39, 0.29) is 15.0 Å². The molecule has 1 aromatic heterocycles. The average Bonchev–Trinajstić information content (AvgIpc) is 2.16. The molecule has 0 fully saturated rings. The summed E-state index contributed by atoms with van der Waals surface area (Å²) in [5.41, 5.74) is 4.13. The molecular weight excluding hydrogens is 321 g/mol. The van der Waals surface area contributed by atoms with Crippen molar-refractivity contribution in [3.63, 3.8) is 0 Å². The highest BCUT2D eigenvalue weighted by atomic mass is 127. The minimum atomic E-state index is -2.83. The lowest BCUT2D eigenvalue weighted by Crippen LogP contribution is -2.16. The third kappa shape index (κ3) is 2.33.